The molecule has 0 aliphatic heterocycles. The van der Waals surface area contributed by atoms with E-state index in [-0.39, 0.29) is 27.4 Å². The summed E-state index contributed by atoms with van der Waals surface area (Å²) in [5.41, 5.74) is -1.14. The van der Waals surface area contributed by atoms with Crippen LogP contribution in [0.2, 0.25) is 0 Å². The molecule has 0 bridgehead atoms. The minimum absolute atomic E-state index is 0.0112. The first kappa shape index (κ1) is 15.2. The van der Waals surface area contributed by atoms with Crippen LogP contribution in [0.25, 0.3) is 11.3 Å². The number of aromatic nitrogens is 2. The highest BCUT2D eigenvalue weighted by Crippen LogP contribution is 2.20. The summed E-state index contributed by atoms with van der Waals surface area (Å²) in [4.78, 5) is 18.3. The smallest absolute Gasteiger partial charge is 0.423 e. The van der Waals surface area contributed by atoms with Gasteiger partial charge in [-0.15, -0.1) is 0 Å². The second-order valence-electron chi connectivity index (χ2n) is 4.02. The van der Waals surface area contributed by atoms with Gasteiger partial charge in [0.25, 0.3) is 5.56 Å². The van der Waals surface area contributed by atoms with Crippen LogP contribution in [0, 0.1) is 17.1 Å². The summed E-state index contributed by atoms with van der Waals surface area (Å²) in [5.74, 6) is -0.647. The summed E-state index contributed by atoms with van der Waals surface area (Å²) in [5, 5.41) is 28.0. The van der Waals surface area contributed by atoms with Gasteiger partial charge in [0.15, 0.2) is 5.16 Å². The van der Waals surface area contributed by atoms with Gasteiger partial charge >= 0.3 is 7.12 Å². The van der Waals surface area contributed by atoms with E-state index in [1.165, 1.54) is 0 Å². The van der Waals surface area contributed by atoms with Crippen LogP contribution in [0.1, 0.15) is 5.56 Å². The molecule has 0 amide bonds. The first-order chi connectivity index (χ1) is 9.97. The molecule has 2 rings (SSSR count). The van der Waals surface area contributed by atoms with E-state index in [9.17, 15) is 19.2 Å². The molecule has 1 heterocycles. The Bertz CT molecular complexity index is 788. The topological polar surface area (TPSA) is 110 Å². The highest BCUT2D eigenvalue weighted by Gasteiger charge is 2.22. The minimum Gasteiger partial charge on any atom is -0.423 e. The molecule has 106 valence electrons. The van der Waals surface area contributed by atoms with Gasteiger partial charge in [-0.05, 0) is 23.9 Å². The van der Waals surface area contributed by atoms with Crippen molar-refractivity contribution >= 4 is 24.3 Å². The summed E-state index contributed by atoms with van der Waals surface area (Å²) in [6, 6.07) is 4.91. The van der Waals surface area contributed by atoms with Crippen LogP contribution in [0.4, 0.5) is 4.39 Å². The first-order valence-corrected chi connectivity index (χ1v) is 6.94. The summed E-state index contributed by atoms with van der Waals surface area (Å²) in [7, 11) is -1.88. The van der Waals surface area contributed by atoms with Crippen molar-refractivity contribution in [2.24, 2.45) is 0 Å². The van der Waals surface area contributed by atoms with E-state index in [0.29, 0.717) is 0 Å². The molecule has 0 spiro atoms. The molecule has 0 saturated carbocycles. The Hall–Kier alpha value is -2.15. The third kappa shape index (κ3) is 2.97. The van der Waals surface area contributed by atoms with Crippen molar-refractivity contribution in [3.63, 3.8) is 0 Å². The molecule has 0 aliphatic carbocycles. The van der Waals surface area contributed by atoms with E-state index in [1.54, 1.807) is 12.3 Å². The lowest BCUT2D eigenvalue weighted by Gasteiger charge is -2.10. The molecule has 0 atom stereocenters. The normalized spacial score (nSPS) is 10.2. The van der Waals surface area contributed by atoms with Gasteiger partial charge in [0.1, 0.15) is 17.4 Å². The molecule has 0 fully saturated rings. The average Bonchev–Trinajstić information content (AvgIpc) is 2.45. The van der Waals surface area contributed by atoms with Crippen LogP contribution in [-0.4, -0.2) is 33.4 Å². The lowest BCUT2D eigenvalue weighted by Crippen LogP contribution is -2.32. The second-order valence-corrected chi connectivity index (χ2v) is 4.81. The number of nitriles is 1. The van der Waals surface area contributed by atoms with Crippen molar-refractivity contribution < 1.29 is 14.4 Å². The molecule has 0 radical (unpaired) electrons. The van der Waals surface area contributed by atoms with Crippen molar-refractivity contribution in [2.45, 2.75) is 5.16 Å². The van der Waals surface area contributed by atoms with Crippen LogP contribution < -0.4 is 11.0 Å². The first-order valence-electron chi connectivity index (χ1n) is 5.72. The third-order valence-corrected chi connectivity index (χ3v) is 3.33. The molecule has 0 saturated heterocycles. The Morgan fingerprint density at radius 2 is 2.19 bits per heavy atom. The standard InChI is InChI=1S/C12H9BFN3O3S/c1-21-12-16-10(8(5-15)11(18)17-12)7-4-6(14)2-3-9(7)13(19)20/h2-4,19-20H,1H3,(H,16,17,18). The van der Waals surface area contributed by atoms with E-state index in [1.807, 2.05) is 0 Å². The van der Waals surface area contributed by atoms with Gasteiger partial charge in [0.2, 0.25) is 0 Å². The number of thioether (sulfide) groups is 1. The third-order valence-electron chi connectivity index (χ3n) is 2.75. The number of hydrogen-bond donors (Lipinski definition) is 3. The Morgan fingerprint density at radius 1 is 1.48 bits per heavy atom. The van der Waals surface area contributed by atoms with Crippen molar-refractivity contribution in [3.8, 4) is 17.3 Å². The highest BCUT2D eigenvalue weighted by atomic mass is 32.2. The molecule has 0 aliphatic rings. The predicted octanol–water partition coefficient (Wildman–Crippen LogP) is -0.151. The molecule has 2 aromatic rings. The largest absolute Gasteiger partial charge is 0.489 e. The van der Waals surface area contributed by atoms with E-state index in [4.69, 9.17) is 5.26 Å². The van der Waals surface area contributed by atoms with Gasteiger partial charge in [0, 0.05) is 5.56 Å². The highest BCUT2D eigenvalue weighted by molar-refractivity contribution is 7.98. The quantitative estimate of drug-likeness (QED) is 0.413. The molecule has 3 N–H and O–H groups in total. The summed E-state index contributed by atoms with van der Waals surface area (Å²) >= 11 is 1.13. The molecule has 0 unspecified atom stereocenters. The number of halogens is 1. The zero-order valence-corrected chi connectivity index (χ0v) is 11.6. The monoisotopic (exact) mass is 305 g/mol. The lowest BCUT2D eigenvalue weighted by molar-refractivity contribution is 0.426. The Morgan fingerprint density at radius 3 is 2.76 bits per heavy atom. The number of hydrogen-bond acceptors (Lipinski definition) is 6. The number of rotatable bonds is 3. The van der Waals surface area contributed by atoms with Crippen molar-refractivity contribution in [3.05, 3.63) is 39.9 Å². The van der Waals surface area contributed by atoms with Crippen LogP contribution in [0.3, 0.4) is 0 Å². The molecular weight excluding hydrogens is 296 g/mol. The molecule has 6 nitrogen and oxygen atoms in total. The lowest BCUT2D eigenvalue weighted by atomic mass is 9.76. The van der Waals surface area contributed by atoms with Crippen molar-refractivity contribution in [2.75, 3.05) is 6.26 Å². The predicted molar refractivity (Wildman–Crippen MR) is 76.6 cm³/mol. The summed E-state index contributed by atoms with van der Waals surface area (Å²) < 4.78 is 13.4. The zero-order chi connectivity index (χ0) is 15.6. The molecular formula is C12H9BFN3O3S. The summed E-state index contributed by atoms with van der Waals surface area (Å²) in [6.07, 6.45) is 1.67. The van der Waals surface area contributed by atoms with Crippen LogP contribution in [0.15, 0.2) is 28.2 Å². The molecule has 21 heavy (non-hydrogen) atoms. The maximum absolute atomic E-state index is 13.4. The van der Waals surface area contributed by atoms with Gasteiger partial charge in [-0.3, -0.25) is 4.79 Å². The average molecular weight is 305 g/mol. The van der Waals surface area contributed by atoms with E-state index < -0.39 is 18.5 Å². The SMILES string of the molecule is CSc1nc(-c2cc(F)ccc2B(O)O)c(C#N)c(=O)[nH]1. The number of aromatic amines is 1. The number of benzene rings is 1. The van der Waals surface area contributed by atoms with Crippen LogP contribution in [-0.2, 0) is 0 Å². The fourth-order valence-electron chi connectivity index (χ4n) is 1.81. The van der Waals surface area contributed by atoms with E-state index in [2.05, 4.69) is 9.97 Å². The van der Waals surface area contributed by atoms with Gasteiger partial charge in [-0.1, -0.05) is 17.8 Å². The molecule has 1 aromatic heterocycles. The Kier molecular flexibility index (Phi) is 4.42. The van der Waals surface area contributed by atoms with Crippen molar-refractivity contribution in [1.29, 1.82) is 5.26 Å². The zero-order valence-electron chi connectivity index (χ0n) is 10.8. The Balaban J connectivity index is 2.84. The van der Waals surface area contributed by atoms with Crippen molar-refractivity contribution in [1.82, 2.24) is 9.97 Å². The van der Waals surface area contributed by atoms with Gasteiger partial charge in [0.05, 0.1) is 5.69 Å². The summed E-state index contributed by atoms with van der Waals surface area (Å²) in [6.45, 7) is 0. The van der Waals surface area contributed by atoms with E-state index in [0.717, 1.165) is 30.0 Å². The fourth-order valence-corrected chi connectivity index (χ4v) is 2.18. The van der Waals surface area contributed by atoms with Crippen LogP contribution in [0.5, 0.6) is 0 Å². The maximum atomic E-state index is 13.4. The van der Waals surface area contributed by atoms with Gasteiger partial charge in [-0.2, -0.15) is 5.26 Å². The molecule has 9 heteroatoms. The minimum atomic E-state index is -1.88. The van der Waals surface area contributed by atoms with E-state index >= 15 is 0 Å². The maximum Gasteiger partial charge on any atom is 0.489 e. The fraction of sp³-hybridized carbons (Fsp3) is 0.0833. The second kappa shape index (κ2) is 6.09. The van der Waals surface area contributed by atoms with Gasteiger partial charge < -0.3 is 15.0 Å². The van der Waals surface area contributed by atoms with Crippen LogP contribution >= 0.6 is 11.8 Å². The molecule has 1 aromatic carbocycles. The van der Waals surface area contributed by atoms with Gasteiger partial charge in [-0.25, -0.2) is 9.37 Å². The number of H-pyrrole nitrogens is 1. The number of nitrogens with zero attached hydrogens (tertiary/aromatic N) is 2. The Labute approximate surface area is 123 Å². The number of nitrogens with one attached hydrogen (secondary N) is 1.